The van der Waals surface area contributed by atoms with E-state index in [1.165, 1.54) is 93.7 Å². The van der Waals surface area contributed by atoms with E-state index in [9.17, 15) is 0 Å². The monoisotopic (exact) mass is 814 g/mol. The average molecular weight is 815 g/mol. The van der Waals surface area contributed by atoms with Crippen molar-refractivity contribution in [2.45, 2.75) is 0 Å². The number of para-hydroxylation sites is 2. The molecule has 0 spiro atoms. The predicted octanol–water partition coefficient (Wildman–Crippen LogP) is 17.2. The zero-order chi connectivity index (χ0) is 42.4. The fraction of sp³-hybridized carbons (Fsp3) is 0. The number of nitrogens with zero attached hydrogens (tertiary/aromatic N) is 2. The number of aromatic nitrogens is 1. The van der Waals surface area contributed by atoms with Gasteiger partial charge in [-0.05, 0) is 109 Å². The zero-order valence-electron chi connectivity index (χ0n) is 35.1. The van der Waals surface area contributed by atoms with Crippen molar-refractivity contribution < 1.29 is 0 Å². The normalized spacial score (nSPS) is 11.4. The Hall–Kier alpha value is -8.46. The molecule has 12 aromatic rings. The maximum Gasteiger partial charge on any atom is 0.0619 e. The topological polar surface area (TPSA) is 7.65 Å². The number of pyridine rings is 1. The van der Waals surface area contributed by atoms with E-state index in [1.54, 1.807) is 0 Å². The van der Waals surface area contributed by atoms with E-state index in [4.69, 9.17) is 0 Å². The molecule has 0 saturated heterocycles. The Bertz CT molecular complexity index is 3600. The molecule has 0 bridgehead atoms. The molecule has 0 fully saturated rings. The van der Waals surface area contributed by atoms with Crippen molar-refractivity contribution in [3.63, 3.8) is 0 Å². The Morgan fingerprint density at radius 3 is 1.33 bits per heavy atom. The van der Waals surface area contributed by atoms with Crippen LogP contribution >= 0.6 is 0 Å². The average Bonchev–Trinajstić information content (AvgIpc) is 3.73. The summed E-state index contributed by atoms with van der Waals surface area (Å²) >= 11 is 0. The molecule has 2 nitrogen and oxygen atoms in total. The summed E-state index contributed by atoms with van der Waals surface area (Å²) in [5.41, 5.74) is 19.0. The molecule has 64 heavy (non-hydrogen) atoms. The molecular formula is C62H42N2. The number of anilines is 3. The number of hydrogen-bond acceptors (Lipinski definition) is 1. The summed E-state index contributed by atoms with van der Waals surface area (Å²) < 4.78 is 2.47. The van der Waals surface area contributed by atoms with Gasteiger partial charge in [0, 0.05) is 33.6 Å². The van der Waals surface area contributed by atoms with Crippen LogP contribution in [0.25, 0.3) is 93.7 Å². The van der Waals surface area contributed by atoms with Gasteiger partial charge in [0.25, 0.3) is 0 Å². The van der Waals surface area contributed by atoms with Crippen molar-refractivity contribution in [2.75, 3.05) is 4.90 Å². The van der Waals surface area contributed by atoms with E-state index in [1.807, 2.05) is 0 Å². The number of rotatable bonds is 8. The molecule has 10 aromatic carbocycles. The molecule has 2 heterocycles. The van der Waals surface area contributed by atoms with Crippen LogP contribution in [0.3, 0.4) is 0 Å². The molecule has 0 aliphatic heterocycles. The van der Waals surface area contributed by atoms with Crippen LogP contribution in [0.15, 0.2) is 255 Å². The highest BCUT2D eigenvalue weighted by atomic mass is 15.1. The lowest BCUT2D eigenvalue weighted by Crippen LogP contribution is -2.09. The van der Waals surface area contributed by atoms with Gasteiger partial charge in [-0.25, -0.2) is 0 Å². The van der Waals surface area contributed by atoms with Crippen molar-refractivity contribution in [2.24, 2.45) is 0 Å². The van der Waals surface area contributed by atoms with Crippen LogP contribution in [0.1, 0.15) is 0 Å². The molecule has 0 saturated carbocycles. The first-order valence-electron chi connectivity index (χ1n) is 22.0. The summed E-state index contributed by atoms with van der Waals surface area (Å²) in [7, 11) is 0. The van der Waals surface area contributed by atoms with Crippen LogP contribution in [-0.4, -0.2) is 4.40 Å². The van der Waals surface area contributed by atoms with Crippen LogP contribution in [-0.2, 0) is 0 Å². The van der Waals surface area contributed by atoms with E-state index in [-0.39, 0.29) is 0 Å². The van der Waals surface area contributed by atoms with Crippen LogP contribution in [0.4, 0.5) is 17.1 Å². The molecule has 0 aliphatic carbocycles. The van der Waals surface area contributed by atoms with E-state index >= 15 is 0 Å². The Kier molecular flexibility index (Phi) is 9.20. The summed E-state index contributed by atoms with van der Waals surface area (Å²) in [6.45, 7) is 0. The fourth-order valence-electron chi connectivity index (χ4n) is 9.70. The number of fused-ring (bicyclic) bond motifs is 6. The first kappa shape index (κ1) is 37.3. The third kappa shape index (κ3) is 6.52. The minimum Gasteiger partial charge on any atom is -0.311 e. The van der Waals surface area contributed by atoms with Gasteiger partial charge in [0.05, 0.1) is 16.6 Å². The van der Waals surface area contributed by atoms with Gasteiger partial charge in [-0.3, -0.25) is 0 Å². The quantitative estimate of drug-likeness (QED) is 0.148. The van der Waals surface area contributed by atoms with Gasteiger partial charge in [0.15, 0.2) is 0 Å². The molecule has 300 valence electrons. The highest BCUT2D eigenvalue weighted by molar-refractivity contribution is 6.13. The third-order valence-electron chi connectivity index (χ3n) is 12.8. The van der Waals surface area contributed by atoms with Gasteiger partial charge in [-0.2, -0.15) is 0 Å². The Labute approximate surface area is 373 Å². The van der Waals surface area contributed by atoms with Crippen molar-refractivity contribution in [1.29, 1.82) is 0 Å². The molecule has 12 rings (SSSR count). The molecule has 0 N–H and O–H groups in total. The van der Waals surface area contributed by atoms with E-state index < -0.39 is 0 Å². The standard InChI is InChI=1S/C62H42N2/c1-3-13-43(14-4-1)44-25-27-45(28-26-44)46-29-36-52(37-30-46)63(53-38-31-48(32-39-53)56-21-11-19-47-15-7-9-20-55(47)56)54-40-33-49(34-41-54)57-22-12-23-58-61(51-17-5-2-6-18-51)60-42-35-50-16-8-10-24-59(50)64(60)62(57)58/h1-42H. The molecule has 0 atom stereocenters. The molecule has 2 heteroatoms. The molecule has 0 radical (unpaired) electrons. The van der Waals surface area contributed by atoms with Crippen LogP contribution in [0, 0.1) is 0 Å². The van der Waals surface area contributed by atoms with Crippen LogP contribution in [0.2, 0.25) is 0 Å². The Morgan fingerprint density at radius 2 is 0.688 bits per heavy atom. The minimum atomic E-state index is 1.09. The van der Waals surface area contributed by atoms with E-state index in [0.29, 0.717) is 0 Å². The van der Waals surface area contributed by atoms with Gasteiger partial charge in [0.2, 0.25) is 0 Å². The second-order valence-corrected chi connectivity index (χ2v) is 16.5. The van der Waals surface area contributed by atoms with E-state index in [0.717, 1.165) is 17.1 Å². The lowest BCUT2D eigenvalue weighted by Gasteiger charge is -2.26. The number of benzene rings is 10. The van der Waals surface area contributed by atoms with Crippen molar-refractivity contribution in [1.82, 2.24) is 4.40 Å². The predicted molar refractivity (Wildman–Crippen MR) is 272 cm³/mol. The first-order chi connectivity index (χ1) is 31.7. The fourth-order valence-corrected chi connectivity index (χ4v) is 9.70. The second-order valence-electron chi connectivity index (χ2n) is 16.5. The van der Waals surface area contributed by atoms with Gasteiger partial charge in [-0.1, -0.05) is 206 Å². The highest BCUT2D eigenvalue weighted by Crippen LogP contribution is 2.43. The van der Waals surface area contributed by atoms with E-state index in [2.05, 4.69) is 264 Å². The summed E-state index contributed by atoms with van der Waals surface area (Å²) in [5.74, 6) is 0. The van der Waals surface area contributed by atoms with Crippen molar-refractivity contribution in [3.8, 4) is 55.6 Å². The van der Waals surface area contributed by atoms with Crippen LogP contribution < -0.4 is 4.90 Å². The molecule has 0 unspecified atom stereocenters. The first-order valence-corrected chi connectivity index (χ1v) is 22.0. The molecule has 0 aliphatic rings. The van der Waals surface area contributed by atoms with Crippen molar-refractivity contribution >= 4 is 55.2 Å². The second kappa shape index (κ2) is 15.8. The maximum absolute atomic E-state index is 2.47. The zero-order valence-corrected chi connectivity index (χ0v) is 35.1. The molecule has 0 amide bonds. The summed E-state index contributed by atoms with van der Waals surface area (Å²) in [5, 5.41) is 4.96. The van der Waals surface area contributed by atoms with Gasteiger partial charge < -0.3 is 9.30 Å². The third-order valence-corrected chi connectivity index (χ3v) is 12.8. The van der Waals surface area contributed by atoms with Crippen molar-refractivity contribution in [3.05, 3.63) is 255 Å². The summed E-state index contributed by atoms with van der Waals surface area (Å²) in [4.78, 5) is 2.37. The summed E-state index contributed by atoms with van der Waals surface area (Å²) in [6.07, 6.45) is 0. The molecule has 2 aromatic heterocycles. The minimum absolute atomic E-state index is 1.09. The molecular weight excluding hydrogens is 773 g/mol. The van der Waals surface area contributed by atoms with Crippen LogP contribution in [0.5, 0.6) is 0 Å². The van der Waals surface area contributed by atoms with Gasteiger partial charge in [0.1, 0.15) is 0 Å². The lowest BCUT2D eigenvalue weighted by atomic mass is 9.97. The SMILES string of the molecule is c1ccc(-c2ccc(-c3ccc(N(c4ccc(-c5cccc6ccccc56)cc4)c4ccc(-c5cccc6c(-c7ccccc7)c7ccc8ccccc8n7c56)cc4)cc3)cc2)cc1. The largest absolute Gasteiger partial charge is 0.311 e. The highest BCUT2D eigenvalue weighted by Gasteiger charge is 2.20. The lowest BCUT2D eigenvalue weighted by molar-refractivity contribution is 1.28. The van der Waals surface area contributed by atoms with Gasteiger partial charge >= 0.3 is 0 Å². The smallest absolute Gasteiger partial charge is 0.0619 e. The maximum atomic E-state index is 2.47. The summed E-state index contributed by atoms with van der Waals surface area (Å²) in [6, 6.07) is 92.6. The van der Waals surface area contributed by atoms with Gasteiger partial charge in [-0.15, -0.1) is 0 Å². The number of hydrogen-bond donors (Lipinski definition) is 0. The Balaban J connectivity index is 0.963. The Morgan fingerprint density at radius 1 is 0.250 bits per heavy atom.